The summed E-state index contributed by atoms with van der Waals surface area (Å²) in [6.07, 6.45) is 3.05. The Morgan fingerprint density at radius 3 is 2.59 bits per heavy atom. The quantitative estimate of drug-likeness (QED) is 0.752. The molecule has 0 spiro atoms. The van der Waals surface area contributed by atoms with Gasteiger partial charge in [0.25, 0.3) is 0 Å². The van der Waals surface area contributed by atoms with Gasteiger partial charge in [0.2, 0.25) is 5.78 Å². The maximum atomic E-state index is 12.1. The number of anilines is 2. The highest BCUT2D eigenvalue weighted by molar-refractivity contribution is 6.10. The van der Waals surface area contributed by atoms with E-state index in [9.17, 15) is 4.79 Å². The second-order valence-electron chi connectivity index (χ2n) is 3.75. The van der Waals surface area contributed by atoms with Crippen LogP contribution in [0.3, 0.4) is 0 Å². The largest absolute Gasteiger partial charge is 0.397 e. The van der Waals surface area contributed by atoms with Crippen LogP contribution in [0.15, 0.2) is 30.6 Å². The van der Waals surface area contributed by atoms with E-state index < -0.39 is 0 Å². The number of nitrogens with zero attached hydrogens (tertiary/aromatic N) is 2. The number of hydrogen-bond donors (Lipinski definition) is 2. The molecule has 0 aliphatic rings. The smallest absolute Gasteiger partial charge is 0.215 e. The number of hydrogen-bond acceptors (Lipinski definition) is 5. The van der Waals surface area contributed by atoms with Crippen LogP contribution in [-0.4, -0.2) is 15.8 Å². The van der Waals surface area contributed by atoms with Gasteiger partial charge in [-0.15, -0.1) is 0 Å². The second kappa shape index (κ2) is 4.21. The van der Waals surface area contributed by atoms with E-state index in [4.69, 9.17) is 11.5 Å². The van der Waals surface area contributed by atoms with Gasteiger partial charge in [-0.05, 0) is 30.7 Å². The summed E-state index contributed by atoms with van der Waals surface area (Å²) in [5, 5.41) is 0. The van der Waals surface area contributed by atoms with Crippen molar-refractivity contribution in [3.63, 3.8) is 0 Å². The molecule has 0 amide bonds. The van der Waals surface area contributed by atoms with Gasteiger partial charge >= 0.3 is 0 Å². The fourth-order valence-corrected chi connectivity index (χ4v) is 1.44. The molecular formula is C12H12N4O. The minimum atomic E-state index is -0.251. The van der Waals surface area contributed by atoms with Crippen molar-refractivity contribution in [3.8, 4) is 0 Å². The van der Waals surface area contributed by atoms with E-state index >= 15 is 0 Å². The molecule has 0 aliphatic carbocycles. The molecule has 4 N–H and O–H groups in total. The lowest BCUT2D eigenvalue weighted by molar-refractivity contribution is 0.103. The van der Waals surface area contributed by atoms with Crippen molar-refractivity contribution in [1.82, 2.24) is 9.97 Å². The normalized spacial score (nSPS) is 10.2. The molecule has 2 heterocycles. The van der Waals surface area contributed by atoms with E-state index in [0.29, 0.717) is 16.9 Å². The summed E-state index contributed by atoms with van der Waals surface area (Å²) in [5.41, 5.74) is 13.2. The van der Waals surface area contributed by atoms with Crippen LogP contribution in [0.4, 0.5) is 11.5 Å². The van der Waals surface area contributed by atoms with Crippen molar-refractivity contribution in [1.29, 1.82) is 0 Å². The van der Waals surface area contributed by atoms with Crippen molar-refractivity contribution >= 4 is 17.3 Å². The fraction of sp³-hybridized carbons (Fsp3) is 0.0833. The van der Waals surface area contributed by atoms with Crippen LogP contribution in [-0.2, 0) is 0 Å². The van der Waals surface area contributed by atoms with Crippen molar-refractivity contribution in [2.45, 2.75) is 6.92 Å². The first-order valence-corrected chi connectivity index (χ1v) is 5.06. The molecule has 0 bridgehead atoms. The Morgan fingerprint density at radius 1 is 1.18 bits per heavy atom. The van der Waals surface area contributed by atoms with Crippen molar-refractivity contribution in [2.24, 2.45) is 0 Å². The van der Waals surface area contributed by atoms with E-state index in [-0.39, 0.29) is 11.6 Å². The maximum absolute atomic E-state index is 12.1. The molecule has 0 saturated heterocycles. The summed E-state index contributed by atoms with van der Waals surface area (Å²) < 4.78 is 0. The number of aromatic nitrogens is 2. The van der Waals surface area contributed by atoms with Crippen molar-refractivity contribution in [2.75, 3.05) is 11.5 Å². The molecule has 0 aliphatic heterocycles. The standard InChI is InChI=1S/C12H12N4O/c1-7-4-9(12(14)16-5-7)11(17)10-3-2-8(13)6-15-10/h2-6H,13H2,1H3,(H2,14,16). The summed E-state index contributed by atoms with van der Waals surface area (Å²) >= 11 is 0. The number of aryl methyl sites for hydroxylation is 1. The Hall–Kier alpha value is -2.43. The summed E-state index contributed by atoms with van der Waals surface area (Å²) in [6, 6.07) is 4.89. The highest BCUT2D eigenvalue weighted by Crippen LogP contribution is 2.15. The molecule has 17 heavy (non-hydrogen) atoms. The monoisotopic (exact) mass is 228 g/mol. The Balaban J connectivity index is 2.43. The third-order valence-corrected chi connectivity index (χ3v) is 2.32. The number of nitrogens with two attached hydrogens (primary N) is 2. The number of carbonyl (C=O) groups is 1. The first-order valence-electron chi connectivity index (χ1n) is 5.06. The first kappa shape index (κ1) is 11.1. The van der Waals surface area contributed by atoms with Crippen LogP contribution in [0.2, 0.25) is 0 Å². The second-order valence-corrected chi connectivity index (χ2v) is 3.75. The highest BCUT2D eigenvalue weighted by atomic mass is 16.1. The van der Waals surface area contributed by atoms with Gasteiger partial charge in [0.05, 0.1) is 17.4 Å². The summed E-state index contributed by atoms with van der Waals surface area (Å²) in [5.74, 6) is -0.0436. The van der Waals surface area contributed by atoms with Gasteiger partial charge in [0.15, 0.2) is 0 Å². The molecule has 0 aromatic carbocycles. The Kier molecular flexibility index (Phi) is 2.74. The molecule has 2 aromatic rings. The van der Waals surface area contributed by atoms with Gasteiger partial charge in [-0.1, -0.05) is 0 Å². The molecule has 0 saturated carbocycles. The third-order valence-electron chi connectivity index (χ3n) is 2.32. The van der Waals surface area contributed by atoms with Crippen molar-refractivity contribution in [3.05, 3.63) is 47.4 Å². The van der Waals surface area contributed by atoms with E-state index in [1.807, 2.05) is 6.92 Å². The molecule has 0 unspecified atom stereocenters. The zero-order valence-corrected chi connectivity index (χ0v) is 9.34. The highest BCUT2D eigenvalue weighted by Gasteiger charge is 2.14. The van der Waals surface area contributed by atoms with Crippen LogP contribution in [0.1, 0.15) is 21.6 Å². The average molecular weight is 228 g/mol. The lowest BCUT2D eigenvalue weighted by Crippen LogP contribution is -2.09. The topological polar surface area (TPSA) is 94.9 Å². The van der Waals surface area contributed by atoms with Crippen LogP contribution in [0.5, 0.6) is 0 Å². The number of ketones is 1. The van der Waals surface area contributed by atoms with Crippen molar-refractivity contribution < 1.29 is 4.79 Å². The van der Waals surface area contributed by atoms with Gasteiger partial charge in [-0.2, -0.15) is 0 Å². The van der Waals surface area contributed by atoms with Crippen LogP contribution >= 0.6 is 0 Å². The van der Waals surface area contributed by atoms with E-state index in [2.05, 4.69) is 9.97 Å². The van der Waals surface area contributed by atoms with E-state index in [1.165, 1.54) is 6.20 Å². The Bertz CT molecular complexity index is 563. The zero-order valence-electron chi connectivity index (χ0n) is 9.34. The van der Waals surface area contributed by atoms with Crippen LogP contribution in [0, 0.1) is 6.92 Å². The summed E-state index contributed by atoms with van der Waals surface area (Å²) in [7, 11) is 0. The van der Waals surface area contributed by atoms with Gasteiger partial charge in [-0.25, -0.2) is 4.98 Å². The number of nitrogen functional groups attached to an aromatic ring is 2. The first-order chi connectivity index (χ1) is 8.08. The molecule has 5 nitrogen and oxygen atoms in total. The SMILES string of the molecule is Cc1cnc(N)c(C(=O)c2ccc(N)cn2)c1. The molecule has 2 rings (SSSR count). The minimum Gasteiger partial charge on any atom is -0.397 e. The molecule has 86 valence electrons. The molecule has 0 fully saturated rings. The molecule has 0 atom stereocenters. The Morgan fingerprint density at radius 2 is 1.94 bits per heavy atom. The molecule has 0 radical (unpaired) electrons. The van der Waals surface area contributed by atoms with Crippen LogP contribution in [0.25, 0.3) is 0 Å². The molecule has 2 aromatic heterocycles. The Labute approximate surface area is 98.5 Å². The van der Waals surface area contributed by atoms with Gasteiger partial charge in [0.1, 0.15) is 11.5 Å². The predicted molar refractivity (Wildman–Crippen MR) is 65.5 cm³/mol. The lowest BCUT2D eigenvalue weighted by Gasteiger charge is -2.04. The number of pyridine rings is 2. The minimum absolute atomic E-state index is 0.208. The van der Waals surface area contributed by atoms with E-state index in [1.54, 1.807) is 24.4 Å². The molecular weight excluding hydrogens is 216 g/mol. The van der Waals surface area contributed by atoms with Gasteiger partial charge in [-0.3, -0.25) is 9.78 Å². The summed E-state index contributed by atoms with van der Waals surface area (Å²) in [6.45, 7) is 1.85. The number of carbonyl (C=O) groups excluding carboxylic acids is 1. The zero-order chi connectivity index (χ0) is 12.4. The van der Waals surface area contributed by atoms with Gasteiger partial charge < -0.3 is 11.5 Å². The van der Waals surface area contributed by atoms with Crippen LogP contribution < -0.4 is 11.5 Å². The maximum Gasteiger partial charge on any atom is 0.215 e. The summed E-state index contributed by atoms with van der Waals surface area (Å²) in [4.78, 5) is 20.0. The van der Waals surface area contributed by atoms with Gasteiger partial charge in [0, 0.05) is 6.20 Å². The lowest BCUT2D eigenvalue weighted by atomic mass is 10.1. The number of rotatable bonds is 2. The fourth-order valence-electron chi connectivity index (χ4n) is 1.44. The van der Waals surface area contributed by atoms with E-state index in [0.717, 1.165) is 5.56 Å². The predicted octanol–water partition coefficient (Wildman–Crippen LogP) is 1.18. The average Bonchev–Trinajstić information content (AvgIpc) is 2.32. The third kappa shape index (κ3) is 2.23. The molecule has 5 heteroatoms.